The second-order valence-electron chi connectivity index (χ2n) is 6.61. The highest BCUT2D eigenvalue weighted by molar-refractivity contribution is 7.18. The molecule has 4 rings (SSSR count). The number of rotatable bonds is 6. The van der Waals surface area contributed by atoms with E-state index in [1.54, 1.807) is 7.11 Å². The highest BCUT2D eigenvalue weighted by atomic mass is 32.1. The fourth-order valence-electron chi connectivity index (χ4n) is 3.05. The number of hydrogen-bond acceptors (Lipinski definition) is 5. The molecule has 0 saturated heterocycles. The van der Waals surface area contributed by atoms with E-state index in [-0.39, 0.29) is 18.4 Å². The van der Waals surface area contributed by atoms with Crippen LogP contribution in [0.25, 0.3) is 10.4 Å². The Morgan fingerprint density at radius 1 is 1.14 bits per heavy atom. The molecule has 6 nitrogen and oxygen atoms in total. The molecule has 0 saturated carbocycles. The molecule has 1 aliphatic heterocycles. The third-order valence-corrected chi connectivity index (χ3v) is 5.80. The van der Waals surface area contributed by atoms with E-state index in [4.69, 9.17) is 4.74 Å². The summed E-state index contributed by atoms with van der Waals surface area (Å²) in [5.74, 6) is 0.454. The predicted octanol–water partition coefficient (Wildman–Crippen LogP) is 2.44. The first kappa shape index (κ1) is 19.0. The molecule has 0 spiro atoms. The topological polar surface area (TPSA) is 72.2 Å². The Labute approximate surface area is 172 Å². The van der Waals surface area contributed by atoms with Gasteiger partial charge in [0.05, 0.1) is 12.8 Å². The molecule has 7 heteroatoms. The zero-order valence-electron chi connectivity index (χ0n) is 15.8. The van der Waals surface area contributed by atoms with Crippen molar-refractivity contribution in [2.75, 3.05) is 13.7 Å². The molecular weight excluding hydrogens is 386 g/mol. The van der Waals surface area contributed by atoms with Gasteiger partial charge in [0.15, 0.2) is 17.8 Å². The predicted molar refractivity (Wildman–Crippen MR) is 113 cm³/mol. The average molecular weight is 406 g/mol. The zero-order chi connectivity index (χ0) is 20.2. The van der Waals surface area contributed by atoms with Crippen molar-refractivity contribution >= 4 is 35.2 Å². The molecule has 146 valence electrons. The second kappa shape index (κ2) is 8.38. The molecule has 3 aromatic rings. The molecule has 1 aromatic heterocycles. The standard InChI is InChI=1S/C22H19N3O3S/c1-28-17-9-7-16(8-10-17)19-11-18-21(29-19)22(27)25(14-24-18)13-20(26)23-12-15-5-3-2-4-6-15/h2-11,14H,12-13H2,1H3,(H,23,26)/p+1. The van der Waals surface area contributed by atoms with E-state index < -0.39 is 0 Å². The average Bonchev–Trinajstić information content (AvgIpc) is 3.20. The van der Waals surface area contributed by atoms with Crippen molar-refractivity contribution in [3.05, 3.63) is 71.1 Å². The van der Waals surface area contributed by atoms with Gasteiger partial charge in [0.1, 0.15) is 5.75 Å². The minimum atomic E-state index is -0.195. The Kier molecular flexibility index (Phi) is 5.50. The molecule has 0 aliphatic carbocycles. The van der Waals surface area contributed by atoms with Gasteiger partial charge in [-0.1, -0.05) is 30.3 Å². The van der Waals surface area contributed by atoms with Crippen LogP contribution in [0.3, 0.4) is 0 Å². The summed E-state index contributed by atoms with van der Waals surface area (Å²) in [4.78, 5) is 31.5. The molecule has 1 atom stereocenters. The van der Waals surface area contributed by atoms with Gasteiger partial charge < -0.3 is 10.1 Å². The number of fused-ring (bicyclic) bond motifs is 1. The van der Waals surface area contributed by atoms with Crippen LogP contribution in [-0.2, 0) is 11.3 Å². The third kappa shape index (κ3) is 4.26. The van der Waals surface area contributed by atoms with Crippen molar-refractivity contribution in [2.24, 2.45) is 4.99 Å². The van der Waals surface area contributed by atoms with Gasteiger partial charge >= 0.3 is 5.91 Å². The van der Waals surface area contributed by atoms with Crippen LogP contribution in [-0.4, -0.2) is 31.8 Å². The second-order valence-corrected chi connectivity index (χ2v) is 7.66. The molecule has 2 aromatic carbocycles. The smallest absolute Gasteiger partial charge is 0.362 e. The molecule has 0 radical (unpaired) electrons. The molecule has 2 heterocycles. The van der Waals surface area contributed by atoms with E-state index >= 15 is 0 Å². The van der Waals surface area contributed by atoms with Crippen LogP contribution in [0.5, 0.6) is 5.75 Å². The molecule has 1 unspecified atom stereocenters. The number of nitrogens with one attached hydrogen (secondary N) is 2. The summed E-state index contributed by atoms with van der Waals surface area (Å²) in [6, 6.07) is 19.2. The van der Waals surface area contributed by atoms with Gasteiger partial charge in [-0.3, -0.25) is 4.79 Å². The summed E-state index contributed by atoms with van der Waals surface area (Å²) < 4.78 is 5.19. The largest absolute Gasteiger partial charge is 0.497 e. The van der Waals surface area contributed by atoms with Crippen LogP contribution in [0.2, 0.25) is 0 Å². The maximum atomic E-state index is 12.9. The van der Waals surface area contributed by atoms with E-state index in [1.807, 2.05) is 60.7 Å². The molecular formula is C22H20N3O3S+. The quantitative estimate of drug-likeness (QED) is 0.661. The minimum absolute atomic E-state index is 0.0182. The Morgan fingerprint density at radius 3 is 2.62 bits per heavy atom. The highest BCUT2D eigenvalue weighted by Crippen LogP contribution is 2.37. The first-order valence-corrected chi connectivity index (χ1v) is 9.99. The number of hydrogen-bond donors (Lipinski definition) is 2. The Hall–Kier alpha value is -3.29. The molecule has 1 aliphatic rings. The van der Waals surface area contributed by atoms with Crippen LogP contribution < -0.4 is 15.0 Å². The lowest BCUT2D eigenvalue weighted by Crippen LogP contribution is -3.15. The summed E-state index contributed by atoms with van der Waals surface area (Å²) in [5, 5.41) is 2.85. The van der Waals surface area contributed by atoms with Crippen LogP contribution in [0.1, 0.15) is 15.2 Å². The summed E-state index contributed by atoms with van der Waals surface area (Å²) in [6.07, 6.45) is 1.51. The van der Waals surface area contributed by atoms with Crippen molar-refractivity contribution in [3.63, 3.8) is 0 Å². The first-order valence-electron chi connectivity index (χ1n) is 9.17. The minimum Gasteiger partial charge on any atom is -0.497 e. The van der Waals surface area contributed by atoms with Crippen LogP contribution in [0, 0.1) is 0 Å². The maximum Gasteiger partial charge on any atom is 0.362 e. The number of thiophene rings is 1. The van der Waals surface area contributed by atoms with Gasteiger partial charge in [0.25, 0.3) is 5.91 Å². The lowest BCUT2D eigenvalue weighted by atomic mass is 10.1. The van der Waals surface area contributed by atoms with Crippen LogP contribution in [0.15, 0.2) is 65.7 Å². The summed E-state index contributed by atoms with van der Waals surface area (Å²) in [6.45, 7) is 0.453. The number of carbonyl (C=O) groups excluding carboxylic acids is 2. The van der Waals surface area contributed by atoms with E-state index in [0.717, 1.165) is 21.8 Å². The maximum absolute atomic E-state index is 12.9. The lowest BCUT2D eigenvalue weighted by molar-refractivity contribution is -0.695. The summed E-state index contributed by atoms with van der Waals surface area (Å²) in [7, 11) is 1.62. The molecule has 2 amide bonds. The van der Waals surface area contributed by atoms with Crippen molar-refractivity contribution < 1.29 is 19.2 Å². The zero-order valence-corrected chi connectivity index (χ0v) is 16.7. The number of benzene rings is 2. The van der Waals surface area contributed by atoms with Gasteiger partial charge in [-0.2, -0.15) is 0 Å². The van der Waals surface area contributed by atoms with Gasteiger partial charge in [-0.05, 0) is 41.5 Å². The number of amides is 2. The van der Waals surface area contributed by atoms with E-state index in [1.165, 1.54) is 17.7 Å². The Bertz CT molecular complexity index is 1060. The number of carbonyl (C=O) groups is 2. The first-order chi connectivity index (χ1) is 14.1. The third-order valence-electron chi connectivity index (χ3n) is 4.63. The molecule has 0 bridgehead atoms. The monoisotopic (exact) mass is 406 g/mol. The fourth-order valence-corrected chi connectivity index (χ4v) is 4.13. The highest BCUT2D eigenvalue weighted by Gasteiger charge is 2.31. The summed E-state index contributed by atoms with van der Waals surface area (Å²) in [5.41, 5.74) is 2.66. The van der Waals surface area contributed by atoms with Crippen LogP contribution in [0.4, 0.5) is 5.69 Å². The van der Waals surface area contributed by atoms with Gasteiger partial charge in [-0.15, -0.1) is 11.3 Å². The van der Waals surface area contributed by atoms with Gasteiger partial charge in [0, 0.05) is 11.4 Å². The lowest BCUT2D eigenvalue weighted by Gasteiger charge is -2.14. The van der Waals surface area contributed by atoms with Crippen LogP contribution >= 0.6 is 11.3 Å². The van der Waals surface area contributed by atoms with Crippen molar-refractivity contribution in [1.29, 1.82) is 0 Å². The van der Waals surface area contributed by atoms with E-state index in [2.05, 4.69) is 10.3 Å². The SMILES string of the molecule is COc1ccc(-c2cc3c(s2)C(=O)[NH+](CC(=O)NCc2ccccc2)C=N3)cc1. The van der Waals surface area contributed by atoms with Crippen molar-refractivity contribution in [1.82, 2.24) is 5.32 Å². The number of aliphatic imine (C=N–C) groups is 1. The molecule has 2 N–H and O–H groups in total. The fraction of sp³-hybridized carbons (Fsp3) is 0.136. The summed E-state index contributed by atoms with van der Waals surface area (Å²) >= 11 is 1.39. The van der Waals surface area contributed by atoms with Crippen molar-refractivity contribution in [2.45, 2.75) is 6.54 Å². The number of methoxy groups -OCH3 is 1. The van der Waals surface area contributed by atoms with Gasteiger partial charge in [0.2, 0.25) is 0 Å². The normalized spacial score (nSPS) is 15.1. The van der Waals surface area contributed by atoms with E-state index in [0.29, 0.717) is 22.0 Å². The molecule has 29 heavy (non-hydrogen) atoms. The number of nitrogens with zero attached hydrogens (tertiary/aromatic N) is 1. The number of quaternary nitrogens is 1. The Balaban J connectivity index is 1.42. The van der Waals surface area contributed by atoms with Gasteiger partial charge in [-0.25, -0.2) is 14.7 Å². The Morgan fingerprint density at radius 2 is 1.90 bits per heavy atom. The van der Waals surface area contributed by atoms with Crippen molar-refractivity contribution in [3.8, 4) is 16.2 Å². The number of ether oxygens (including phenoxy) is 1. The van der Waals surface area contributed by atoms with E-state index in [9.17, 15) is 9.59 Å². The molecule has 0 fully saturated rings.